The minimum Gasteiger partial charge on any atom is -0.507 e. The molecule has 1 amide bonds. The van der Waals surface area contributed by atoms with Crippen molar-refractivity contribution >= 4 is 12.1 Å². The van der Waals surface area contributed by atoms with E-state index in [9.17, 15) is 9.90 Å². The number of ether oxygens (including phenoxy) is 1. The fraction of sp³-hybridized carbons (Fsp3) is 0.222. The van der Waals surface area contributed by atoms with Gasteiger partial charge in [-0.15, -0.1) is 0 Å². The van der Waals surface area contributed by atoms with E-state index >= 15 is 0 Å². The highest BCUT2D eigenvalue weighted by atomic mass is 16.5. The molecule has 2 aromatic carbocycles. The fourth-order valence-electron chi connectivity index (χ4n) is 1.99. The van der Waals surface area contributed by atoms with Gasteiger partial charge >= 0.3 is 0 Å². The SMILES string of the molecule is Cc1ccc(/C=N/NC(=O)COc2cccc(C)c2C)c(O)c1. The van der Waals surface area contributed by atoms with Crippen molar-refractivity contribution in [2.75, 3.05) is 6.61 Å². The van der Waals surface area contributed by atoms with Crippen LogP contribution in [0.5, 0.6) is 11.5 Å². The summed E-state index contributed by atoms with van der Waals surface area (Å²) in [5.41, 5.74) is 5.97. The molecule has 2 N–H and O–H groups in total. The molecular formula is C18H20N2O3. The Morgan fingerprint density at radius 1 is 1.26 bits per heavy atom. The van der Waals surface area contributed by atoms with Crippen LogP contribution in [0.15, 0.2) is 41.5 Å². The largest absolute Gasteiger partial charge is 0.507 e. The van der Waals surface area contributed by atoms with E-state index in [1.54, 1.807) is 12.1 Å². The molecule has 0 fully saturated rings. The third kappa shape index (κ3) is 4.57. The Kier molecular flexibility index (Phi) is 5.36. The molecule has 0 saturated heterocycles. The van der Waals surface area contributed by atoms with E-state index in [-0.39, 0.29) is 18.3 Å². The normalized spacial score (nSPS) is 10.7. The van der Waals surface area contributed by atoms with Crippen LogP contribution < -0.4 is 10.2 Å². The van der Waals surface area contributed by atoms with Crippen molar-refractivity contribution in [1.82, 2.24) is 5.43 Å². The molecule has 2 rings (SSSR count). The van der Waals surface area contributed by atoms with E-state index < -0.39 is 0 Å². The van der Waals surface area contributed by atoms with E-state index in [4.69, 9.17) is 4.74 Å². The number of rotatable bonds is 5. The third-order valence-corrected chi connectivity index (χ3v) is 3.49. The lowest BCUT2D eigenvalue weighted by Gasteiger charge is -2.09. The number of aromatic hydroxyl groups is 1. The van der Waals surface area contributed by atoms with Crippen molar-refractivity contribution in [1.29, 1.82) is 0 Å². The van der Waals surface area contributed by atoms with Gasteiger partial charge in [-0.05, 0) is 55.7 Å². The second-order valence-corrected chi connectivity index (χ2v) is 5.34. The van der Waals surface area contributed by atoms with Gasteiger partial charge in [0, 0.05) is 5.56 Å². The molecule has 0 aromatic heterocycles. The van der Waals surface area contributed by atoms with Crippen LogP contribution in [0, 0.1) is 20.8 Å². The molecule has 0 saturated carbocycles. The summed E-state index contributed by atoms with van der Waals surface area (Å²) in [6.45, 7) is 5.69. The Morgan fingerprint density at radius 3 is 2.78 bits per heavy atom. The topological polar surface area (TPSA) is 70.9 Å². The van der Waals surface area contributed by atoms with E-state index in [0.717, 1.165) is 16.7 Å². The zero-order valence-corrected chi connectivity index (χ0v) is 13.5. The Balaban J connectivity index is 1.87. The second-order valence-electron chi connectivity index (χ2n) is 5.34. The van der Waals surface area contributed by atoms with Gasteiger partial charge in [0.25, 0.3) is 5.91 Å². The molecule has 5 heteroatoms. The molecule has 0 aliphatic rings. The van der Waals surface area contributed by atoms with Gasteiger partial charge < -0.3 is 9.84 Å². The monoisotopic (exact) mass is 312 g/mol. The number of amides is 1. The molecular weight excluding hydrogens is 292 g/mol. The summed E-state index contributed by atoms with van der Waals surface area (Å²) < 4.78 is 5.49. The first-order valence-electron chi connectivity index (χ1n) is 7.28. The molecule has 5 nitrogen and oxygen atoms in total. The van der Waals surface area contributed by atoms with Crippen molar-refractivity contribution in [2.45, 2.75) is 20.8 Å². The molecule has 0 heterocycles. The van der Waals surface area contributed by atoms with Crippen molar-refractivity contribution in [3.8, 4) is 11.5 Å². The fourth-order valence-corrected chi connectivity index (χ4v) is 1.99. The van der Waals surface area contributed by atoms with Gasteiger partial charge in [-0.1, -0.05) is 18.2 Å². The van der Waals surface area contributed by atoms with Gasteiger partial charge in [-0.2, -0.15) is 5.10 Å². The third-order valence-electron chi connectivity index (χ3n) is 3.49. The zero-order valence-electron chi connectivity index (χ0n) is 13.5. The lowest BCUT2D eigenvalue weighted by atomic mass is 10.1. The van der Waals surface area contributed by atoms with Gasteiger partial charge in [0.05, 0.1) is 6.21 Å². The average molecular weight is 312 g/mol. The Morgan fingerprint density at radius 2 is 2.04 bits per heavy atom. The Labute approximate surface area is 135 Å². The molecule has 0 unspecified atom stereocenters. The van der Waals surface area contributed by atoms with Gasteiger partial charge in [0.15, 0.2) is 6.61 Å². The number of phenols is 1. The number of phenolic OH excluding ortho intramolecular Hbond substituents is 1. The minimum absolute atomic E-state index is 0.120. The molecule has 120 valence electrons. The highest BCUT2D eigenvalue weighted by molar-refractivity contribution is 5.85. The van der Waals surface area contributed by atoms with Crippen LogP contribution >= 0.6 is 0 Å². The van der Waals surface area contributed by atoms with E-state index in [2.05, 4.69) is 10.5 Å². The number of aryl methyl sites for hydroxylation is 2. The first kappa shape index (κ1) is 16.5. The van der Waals surface area contributed by atoms with Crippen molar-refractivity contribution in [3.63, 3.8) is 0 Å². The van der Waals surface area contributed by atoms with Crippen molar-refractivity contribution in [3.05, 3.63) is 58.7 Å². The molecule has 0 aliphatic carbocycles. The van der Waals surface area contributed by atoms with Crippen LogP contribution in [0.4, 0.5) is 0 Å². The molecule has 2 aromatic rings. The maximum Gasteiger partial charge on any atom is 0.277 e. The van der Waals surface area contributed by atoms with E-state index in [1.165, 1.54) is 6.21 Å². The summed E-state index contributed by atoms with van der Waals surface area (Å²) in [5, 5.41) is 13.6. The molecule has 0 atom stereocenters. The average Bonchev–Trinajstić information content (AvgIpc) is 2.51. The van der Waals surface area contributed by atoms with Gasteiger partial charge in [-0.25, -0.2) is 5.43 Å². The maximum absolute atomic E-state index is 11.7. The smallest absolute Gasteiger partial charge is 0.277 e. The molecule has 23 heavy (non-hydrogen) atoms. The summed E-state index contributed by atoms with van der Waals surface area (Å²) in [5.74, 6) is 0.434. The van der Waals surface area contributed by atoms with Gasteiger partial charge in [0.2, 0.25) is 0 Å². The number of benzene rings is 2. The molecule has 0 radical (unpaired) electrons. The Bertz CT molecular complexity index is 739. The van der Waals surface area contributed by atoms with Crippen LogP contribution in [0.3, 0.4) is 0 Å². The number of carbonyl (C=O) groups excluding carboxylic acids is 1. The number of nitrogens with zero attached hydrogens (tertiary/aromatic N) is 1. The summed E-state index contributed by atoms with van der Waals surface area (Å²) in [4.78, 5) is 11.7. The second kappa shape index (κ2) is 7.45. The first-order chi connectivity index (χ1) is 11.0. The van der Waals surface area contributed by atoms with E-state index in [0.29, 0.717) is 11.3 Å². The molecule has 0 aliphatic heterocycles. The lowest BCUT2D eigenvalue weighted by molar-refractivity contribution is -0.123. The molecule has 0 spiro atoms. The van der Waals surface area contributed by atoms with Crippen molar-refractivity contribution < 1.29 is 14.6 Å². The van der Waals surface area contributed by atoms with Crippen LogP contribution in [0.2, 0.25) is 0 Å². The predicted molar refractivity (Wildman–Crippen MR) is 90.0 cm³/mol. The van der Waals surface area contributed by atoms with Gasteiger partial charge in [0.1, 0.15) is 11.5 Å². The number of hydrogen-bond acceptors (Lipinski definition) is 4. The number of hydrazone groups is 1. The van der Waals surface area contributed by atoms with E-state index in [1.807, 2.05) is 45.0 Å². The van der Waals surface area contributed by atoms with Crippen LogP contribution in [0.25, 0.3) is 0 Å². The summed E-state index contributed by atoms with van der Waals surface area (Å²) in [6, 6.07) is 10.9. The number of hydrogen-bond donors (Lipinski definition) is 2. The standard InChI is InChI=1S/C18H20N2O3/c1-12-7-8-15(16(21)9-12)10-19-20-18(22)11-23-17-6-4-5-13(2)14(17)3/h4-10,21H,11H2,1-3H3,(H,20,22)/b19-10+. The predicted octanol–water partition coefficient (Wildman–Crippen LogP) is 2.85. The summed E-state index contributed by atoms with van der Waals surface area (Å²) in [7, 11) is 0. The van der Waals surface area contributed by atoms with Crippen LogP contribution in [-0.4, -0.2) is 23.8 Å². The maximum atomic E-state index is 11.7. The minimum atomic E-state index is -0.367. The molecule has 0 bridgehead atoms. The van der Waals surface area contributed by atoms with Crippen molar-refractivity contribution in [2.24, 2.45) is 5.10 Å². The summed E-state index contributed by atoms with van der Waals surface area (Å²) >= 11 is 0. The first-order valence-corrected chi connectivity index (χ1v) is 7.28. The van der Waals surface area contributed by atoms with Crippen LogP contribution in [-0.2, 0) is 4.79 Å². The highest BCUT2D eigenvalue weighted by Gasteiger charge is 2.05. The lowest BCUT2D eigenvalue weighted by Crippen LogP contribution is -2.24. The number of carbonyl (C=O) groups is 1. The zero-order chi connectivity index (χ0) is 16.8. The van der Waals surface area contributed by atoms with Gasteiger partial charge in [-0.3, -0.25) is 4.79 Å². The summed E-state index contributed by atoms with van der Waals surface area (Å²) in [6.07, 6.45) is 1.39. The quantitative estimate of drug-likeness (QED) is 0.659. The highest BCUT2D eigenvalue weighted by Crippen LogP contribution is 2.20. The number of nitrogens with one attached hydrogen (secondary N) is 1. The Hall–Kier alpha value is -2.82. The van der Waals surface area contributed by atoms with Crippen LogP contribution in [0.1, 0.15) is 22.3 Å².